The molecule has 0 radical (unpaired) electrons. The molecule has 1 saturated heterocycles. The van der Waals surface area contributed by atoms with Gasteiger partial charge in [0.2, 0.25) is 0 Å². The van der Waals surface area contributed by atoms with Crippen molar-refractivity contribution < 1.29 is 4.79 Å². The van der Waals surface area contributed by atoms with Crippen molar-refractivity contribution in [3.63, 3.8) is 0 Å². The Balaban J connectivity index is 1.96. The lowest BCUT2D eigenvalue weighted by molar-refractivity contribution is -0.117. The molecule has 2 N–H and O–H groups in total. The van der Waals surface area contributed by atoms with Crippen molar-refractivity contribution in [3.8, 4) is 6.07 Å². The van der Waals surface area contributed by atoms with Crippen LogP contribution in [0.2, 0.25) is 5.02 Å². The molecule has 0 unspecified atom stereocenters. The predicted molar refractivity (Wildman–Crippen MR) is 81.4 cm³/mol. The van der Waals surface area contributed by atoms with E-state index in [4.69, 9.17) is 16.9 Å². The number of nitriles is 1. The number of carbonyl (C=O) groups excluding carboxylic acids is 1. The van der Waals surface area contributed by atoms with Crippen LogP contribution in [0.4, 0.5) is 0 Å². The third-order valence-electron chi connectivity index (χ3n) is 3.23. The summed E-state index contributed by atoms with van der Waals surface area (Å²) in [6.07, 6.45) is 1.63. The van der Waals surface area contributed by atoms with E-state index in [2.05, 4.69) is 10.6 Å². The molecule has 5 nitrogen and oxygen atoms in total. The zero-order chi connectivity index (χ0) is 15.1. The van der Waals surface area contributed by atoms with E-state index < -0.39 is 0 Å². The van der Waals surface area contributed by atoms with Crippen LogP contribution in [0.25, 0.3) is 0 Å². The number of halogens is 1. The second-order valence-corrected chi connectivity index (χ2v) is 5.12. The van der Waals surface area contributed by atoms with Crippen molar-refractivity contribution in [2.45, 2.75) is 6.54 Å². The molecule has 0 atom stereocenters. The standard InChI is InChI=1S/C15H17ClN4O/c16-14-4-2-1-3-12(14)10-19-15(21)13(9-17)11-20-7-5-18-6-8-20/h1-4,11,18H,5-8,10H2,(H,19,21)/b13-11-. The van der Waals surface area contributed by atoms with Gasteiger partial charge in [0.25, 0.3) is 5.91 Å². The van der Waals surface area contributed by atoms with Crippen molar-refractivity contribution >= 4 is 17.5 Å². The monoisotopic (exact) mass is 304 g/mol. The van der Waals surface area contributed by atoms with Crippen molar-refractivity contribution in [3.05, 3.63) is 46.6 Å². The highest BCUT2D eigenvalue weighted by Gasteiger charge is 2.13. The number of piperazine rings is 1. The summed E-state index contributed by atoms with van der Waals surface area (Å²) < 4.78 is 0. The van der Waals surface area contributed by atoms with Crippen LogP contribution in [0, 0.1) is 11.3 Å². The number of hydrogen-bond donors (Lipinski definition) is 2. The SMILES string of the molecule is N#C/C(=C/N1CCNCC1)C(=O)NCc1ccccc1Cl. The molecule has 1 aliphatic heterocycles. The summed E-state index contributed by atoms with van der Waals surface area (Å²) >= 11 is 6.03. The molecule has 1 aliphatic rings. The van der Waals surface area contributed by atoms with Crippen LogP contribution in [0.5, 0.6) is 0 Å². The number of carbonyl (C=O) groups is 1. The molecule has 0 bridgehead atoms. The van der Waals surface area contributed by atoms with Crippen LogP contribution in [0.15, 0.2) is 36.0 Å². The Labute approximate surface area is 129 Å². The largest absolute Gasteiger partial charge is 0.374 e. The normalized spacial score (nSPS) is 15.4. The molecular weight excluding hydrogens is 288 g/mol. The van der Waals surface area contributed by atoms with Gasteiger partial charge < -0.3 is 15.5 Å². The molecule has 0 spiro atoms. The predicted octanol–water partition coefficient (Wildman–Crippen LogP) is 1.27. The van der Waals surface area contributed by atoms with Crippen molar-refractivity contribution in [1.82, 2.24) is 15.5 Å². The van der Waals surface area contributed by atoms with Crippen LogP contribution < -0.4 is 10.6 Å². The number of amides is 1. The zero-order valence-electron chi connectivity index (χ0n) is 11.6. The van der Waals surface area contributed by atoms with Crippen LogP contribution in [-0.2, 0) is 11.3 Å². The molecule has 1 amide bonds. The molecule has 1 heterocycles. The van der Waals surface area contributed by atoms with Crippen LogP contribution in [0.3, 0.4) is 0 Å². The van der Waals surface area contributed by atoms with E-state index in [-0.39, 0.29) is 11.5 Å². The van der Waals surface area contributed by atoms with Gasteiger partial charge in [0.15, 0.2) is 0 Å². The highest BCUT2D eigenvalue weighted by molar-refractivity contribution is 6.31. The van der Waals surface area contributed by atoms with Gasteiger partial charge in [0.05, 0.1) is 0 Å². The van der Waals surface area contributed by atoms with E-state index in [1.807, 2.05) is 29.2 Å². The Hall–Kier alpha value is -2.03. The lowest BCUT2D eigenvalue weighted by Gasteiger charge is -2.26. The summed E-state index contributed by atoms with van der Waals surface area (Å²) in [6.45, 7) is 3.61. The minimum Gasteiger partial charge on any atom is -0.374 e. The molecule has 2 rings (SSSR count). The van der Waals surface area contributed by atoms with Gasteiger partial charge in [-0.2, -0.15) is 5.26 Å². The Morgan fingerprint density at radius 3 is 2.81 bits per heavy atom. The van der Waals surface area contributed by atoms with Gasteiger partial charge in [-0.25, -0.2) is 0 Å². The van der Waals surface area contributed by atoms with Crippen LogP contribution in [-0.4, -0.2) is 37.0 Å². The summed E-state index contributed by atoms with van der Waals surface area (Å²) in [4.78, 5) is 14.0. The molecule has 1 aromatic carbocycles. The molecule has 0 aliphatic carbocycles. The Bertz CT molecular complexity index is 573. The van der Waals surface area contributed by atoms with Gasteiger partial charge in [-0.3, -0.25) is 4.79 Å². The lowest BCUT2D eigenvalue weighted by atomic mass is 10.2. The van der Waals surface area contributed by atoms with E-state index in [1.165, 1.54) is 0 Å². The molecule has 1 aromatic rings. The fourth-order valence-corrected chi connectivity index (χ4v) is 2.25. The summed E-state index contributed by atoms with van der Waals surface area (Å²) in [5.74, 6) is -0.379. The van der Waals surface area contributed by atoms with E-state index in [9.17, 15) is 4.79 Å². The Kier molecular flexibility index (Phi) is 5.61. The quantitative estimate of drug-likeness (QED) is 0.649. The number of rotatable bonds is 4. The lowest BCUT2D eigenvalue weighted by Crippen LogP contribution is -2.41. The average molecular weight is 305 g/mol. The molecule has 21 heavy (non-hydrogen) atoms. The van der Waals surface area contributed by atoms with Gasteiger partial charge in [-0.05, 0) is 11.6 Å². The summed E-state index contributed by atoms with van der Waals surface area (Å²) in [7, 11) is 0. The minimum absolute atomic E-state index is 0.115. The van der Waals surface area contributed by atoms with Gasteiger partial charge >= 0.3 is 0 Å². The fraction of sp³-hybridized carbons (Fsp3) is 0.333. The highest BCUT2D eigenvalue weighted by Crippen LogP contribution is 2.14. The third-order valence-corrected chi connectivity index (χ3v) is 3.59. The summed E-state index contributed by atoms with van der Waals surface area (Å²) in [6, 6.07) is 9.25. The molecule has 6 heteroatoms. The van der Waals surface area contributed by atoms with E-state index in [0.29, 0.717) is 11.6 Å². The van der Waals surface area contributed by atoms with Crippen LogP contribution in [0.1, 0.15) is 5.56 Å². The van der Waals surface area contributed by atoms with Gasteiger partial charge in [0, 0.05) is 43.9 Å². The second kappa shape index (κ2) is 7.67. The summed E-state index contributed by atoms with van der Waals surface area (Å²) in [5, 5.41) is 15.7. The number of benzene rings is 1. The topological polar surface area (TPSA) is 68.2 Å². The van der Waals surface area contributed by atoms with Crippen molar-refractivity contribution in [1.29, 1.82) is 5.26 Å². The van der Waals surface area contributed by atoms with Gasteiger partial charge in [-0.1, -0.05) is 29.8 Å². The van der Waals surface area contributed by atoms with Gasteiger partial charge in [-0.15, -0.1) is 0 Å². The summed E-state index contributed by atoms with van der Waals surface area (Å²) in [5.41, 5.74) is 0.941. The first-order valence-corrected chi connectivity index (χ1v) is 7.17. The molecule has 1 fully saturated rings. The molecule has 0 saturated carbocycles. The number of hydrogen-bond acceptors (Lipinski definition) is 4. The van der Waals surface area contributed by atoms with Crippen molar-refractivity contribution in [2.75, 3.05) is 26.2 Å². The Morgan fingerprint density at radius 1 is 1.43 bits per heavy atom. The molecule has 0 aromatic heterocycles. The first-order valence-electron chi connectivity index (χ1n) is 6.79. The van der Waals surface area contributed by atoms with E-state index >= 15 is 0 Å². The first kappa shape index (κ1) is 15.4. The first-order chi connectivity index (χ1) is 10.2. The highest BCUT2D eigenvalue weighted by atomic mass is 35.5. The molecule has 110 valence electrons. The zero-order valence-corrected chi connectivity index (χ0v) is 12.4. The van der Waals surface area contributed by atoms with E-state index in [0.717, 1.165) is 31.7 Å². The maximum Gasteiger partial charge on any atom is 0.263 e. The van der Waals surface area contributed by atoms with E-state index in [1.54, 1.807) is 12.3 Å². The fourth-order valence-electron chi connectivity index (χ4n) is 2.04. The maximum atomic E-state index is 12.0. The average Bonchev–Trinajstić information content (AvgIpc) is 2.52. The molecular formula is C15H17ClN4O. The maximum absolute atomic E-state index is 12.0. The Morgan fingerprint density at radius 2 is 2.14 bits per heavy atom. The number of nitrogens with zero attached hydrogens (tertiary/aromatic N) is 2. The van der Waals surface area contributed by atoms with Crippen LogP contribution >= 0.6 is 11.6 Å². The van der Waals surface area contributed by atoms with Gasteiger partial charge in [0.1, 0.15) is 11.6 Å². The minimum atomic E-state index is -0.379. The second-order valence-electron chi connectivity index (χ2n) is 4.71. The number of nitrogens with one attached hydrogen (secondary N) is 2. The van der Waals surface area contributed by atoms with Crippen molar-refractivity contribution in [2.24, 2.45) is 0 Å². The smallest absolute Gasteiger partial charge is 0.263 e. The third kappa shape index (κ3) is 4.48.